The predicted molar refractivity (Wildman–Crippen MR) is 47.5 cm³/mol. The van der Waals surface area contributed by atoms with E-state index in [1.165, 1.54) is 17.5 Å². The summed E-state index contributed by atoms with van der Waals surface area (Å²) >= 11 is -1.82. The molecule has 0 amide bonds. The summed E-state index contributed by atoms with van der Waals surface area (Å²) in [5.74, 6) is 0. The summed E-state index contributed by atoms with van der Waals surface area (Å²) in [4.78, 5) is 0.524. The van der Waals surface area contributed by atoms with Crippen molar-refractivity contribution >= 4 is 11.1 Å². The minimum atomic E-state index is -1.82. The molecule has 0 saturated heterocycles. The summed E-state index contributed by atoms with van der Waals surface area (Å²) < 4.78 is 19.5. The van der Waals surface area contributed by atoms with E-state index in [1.807, 2.05) is 12.1 Å². The Bertz CT molecular complexity index is 333. The van der Waals surface area contributed by atoms with Gasteiger partial charge in [-0.1, -0.05) is 6.07 Å². The summed E-state index contributed by atoms with van der Waals surface area (Å²) in [5, 5.41) is 0. The minimum absolute atomic E-state index is 0.524. The molecule has 1 atom stereocenters. The molecule has 1 aliphatic rings. The molecule has 1 aliphatic carbocycles. The quantitative estimate of drug-likeness (QED) is 0.672. The lowest BCUT2D eigenvalue weighted by atomic mass is 10.1. The highest BCUT2D eigenvalue weighted by atomic mass is 32.2. The lowest BCUT2D eigenvalue weighted by Crippen LogP contribution is -1.90. The molecule has 1 unspecified atom stereocenters. The average molecular weight is 182 g/mol. The van der Waals surface area contributed by atoms with Crippen molar-refractivity contribution in [1.82, 2.24) is 0 Å². The van der Waals surface area contributed by atoms with Crippen molar-refractivity contribution in [3.63, 3.8) is 0 Å². The van der Waals surface area contributed by atoms with E-state index in [-0.39, 0.29) is 0 Å². The maximum absolute atomic E-state index is 10.7. The molecule has 0 radical (unpaired) electrons. The molecule has 2 nitrogen and oxygen atoms in total. The zero-order valence-corrected chi connectivity index (χ0v) is 7.43. The average Bonchev–Trinajstić information content (AvgIpc) is 2.49. The first-order valence-corrected chi connectivity index (χ1v) is 5.11. The molecule has 1 aromatic carbocycles. The second kappa shape index (κ2) is 2.99. The van der Waals surface area contributed by atoms with Gasteiger partial charge >= 0.3 is 0 Å². The van der Waals surface area contributed by atoms with Gasteiger partial charge in [0.25, 0.3) is 0 Å². The first-order chi connectivity index (χ1) is 5.77. The normalized spacial score (nSPS) is 17.4. The van der Waals surface area contributed by atoms with Gasteiger partial charge in [-0.3, -0.25) is 0 Å². The summed E-state index contributed by atoms with van der Waals surface area (Å²) in [5.41, 5.74) is 2.58. The van der Waals surface area contributed by atoms with Crippen LogP contribution in [0.4, 0.5) is 0 Å². The fourth-order valence-corrected chi connectivity index (χ4v) is 2.08. The Morgan fingerprint density at radius 2 is 2.00 bits per heavy atom. The van der Waals surface area contributed by atoms with Crippen LogP contribution >= 0.6 is 0 Å². The van der Waals surface area contributed by atoms with E-state index in [1.54, 1.807) is 6.07 Å². The molecule has 0 aliphatic heterocycles. The van der Waals surface area contributed by atoms with Gasteiger partial charge in [0.15, 0.2) is 11.1 Å². The van der Waals surface area contributed by atoms with Crippen LogP contribution in [-0.4, -0.2) is 8.76 Å². The third-order valence-electron chi connectivity index (χ3n) is 2.27. The first kappa shape index (κ1) is 7.95. The van der Waals surface area contributed by atoms with Crippen molar-refractivity contribution in [2.24, 2.45) is 0 Å². The zero-order chi connectivity index (χ0) is 8.55. The number of hydrogen-bond donors (Lipinski definition) is 1. The smallest absolute Gasteiger partial charge is 0.186 e. The van der Waals surface area contributed by atoms with Crippen LogP contribution in [-0.2, 0) is 23.9 Å². The van der Waals surface area contributed by atoms with Crippen molar-refractivity contribution in [1.29, 1.82) is 0 Å². The van der Waals surface area contributed by atoms with Crippen LogP contribution in [0.15, 0.2) is 23.1 Å². The highest BCUT2D eigenvalue weighted by Crippen LogP contribution is 2.23. The van der Waals surface area contributed by atoms with Crippen molar-refractivity contribution in [3.05, 3.63) is 29.3 Å². The van der Waals surface area contributed by atoms with Gasteiger partial charge in [-0.15, -0.1) is 0 Å². The molecule has 12 heavy (non-hydrogen) atoms. The van der Waals surface area contributed by atoms with Crippen LogP contribution in [0.25, 0.3) is 0 Å². The van der Waals surface area contributed by atoms with Gasteiger partial charge in [0.05, 0.1) is 4.90 Å². The Morgan fingerprint density at radius 1 is 1.25 bits per heavy atom. The molecule has 0 aromatic heterocycles. The van der Waals surface area contributed by atoms with Crippen molar-refractivity contribution in [2.45, 2.75) is 24.2 Å². The van der Waals surface area contributed by atoms with E-state index >= 15 is 0 Å². The Hall–Kier alpha value is -0.670. The van der Waals surface area contributed by atoms with E-state index in [0.29, 0.717) is 4.90 Å². The third-order valence-corrected chi connectivity index (χ3v) is 2.93. The second-order valence-electron chi connectivity index (χ2n) is 3.03. The summed E-state index contributed by atoms with van der Waals surface area (Å²) in [6.07, 6.45) is 3.35. The molecule has 0 heterocycles. The molecule has 0 bridgehead atoms. The van der Waals surface area contributed by atoms with Gasteiger partial charge in [-0.05, 0) is 42.5 Å². The number of benzene rings is 1. The Labute approximate surface area is 73.9 Å². The fraction of sp³-hybridized carbons (Fsp3) is 0.333. The topological polar surface area (TPSA) is 37.3 Å². The van der Waals surface area contributed by atoms with E-state index in [0.717, 1.165) is 12.8 Å². The van der Waals surface area contributed by atoms with Gasteiger partial charge in [0.2, 0.25) is 0 Å². The minimum Gasteiger partial charge on any atom is -0.302 e. The molecule has 2 rings (SSSR count). The predicted octanol–water partition coefficient (Wildman–Crippen LogP) is 1.76. The van der Waals surface area contributed by atoms with E-state index in [9.17, 15) is 4.21 Å². The summed E-state index contributed by atoms with van der Waals surface area (Å²) in [7, 11) is 0. The van der Waals surface area contributed by atoms with Crippen LogP contribution in [0.3, 0.4) is 0 Å². The molecular weight excluding hydrogens is 172 g/mol. The third kappa shape index (κ3) is 1.30. The highest BCUT2D eigenvalue weighted by Gasteiger charge is 2.11. The van der Waals surface area contributed by atoms with Gasteiger partial charge in [0.1, 0.15) is 0 Å². The van der Waals surface area contributed by atoms with Crippen LogP contribution in [0.5, 0.6) is 0 Å². The molecule has 0 saturated carbocycles. The zero-order valence-electron chi connectivity index (χ0n) is 6.62. The Balaban J connectivity index is 2.45. The lowest BCUT2D eigenvalue weighted by Gasteiger charge is -1.99. The van der Waals surface area contributed by atoms with Gasteiger partial charge in [0, 0.05) is 0 Å². The molecule has 0 fully saturated rings. The molecule has 64 valence electrons. The molecule has 1 aromatic rings. The van der Waals surface area contributed by atoms with Gasteiger partial charge in [-0.2, -0.15) is 0 Å². The maximum Gasteiger partial charge on any atom is 0.186 e. The number of fused-ring (bicyclic) bond motifs is 1. The molecule has 3 heteroatoms. The van der Waals surface area contributed by atoms with E-state index < -0.39 is 11.1 Å². The Morgan fingerprint density at radius 3 is 2.75 bits per heavy atom. The summed E-state index contributed by atoms with van der Waals surface area (Å²) in [6, 6.07) is 5.55. The molecular formula is C9H10O2S. The molecule has 0 spiro atoms. The molecule has 1 N–H and O–H groups in total. The fourth-order valence-electron chi connectivity index (χ4n) is 1.66. The van der Waals surface area contributed by atoms with Crippen molar-refractivity contribution in [3.8, 4) is 0 Å². The van der Waals surface area contributed by atoms with E-state index in [4.69, 9.17) is 4.55 Å². The summed E-state index contributed by atoms with van der Waals surface area (Å²) in [6.45, 7) is 0. The highest BCUT2D eigenvalue weighted by molar-refractivity contribution is 7.79. The van der Waals surface area contributed by atoms with Crippen molar-refractivity contribution in [2.75, 3.05) is 0 Å². The standard InChI is InChI=1S/C9H10O2S/c10-12(11)9-5-4-7-2-1-3-8(7)6-9/h4-6H,1-3H2,(H,10,11). The van der Waals surface area contributed by atoms with Gasteiger partial charge < -0.3 is 4.55 Å². The van der Waals surface area contributed by atoms with Crippen LogP contribution < -0.4 is 0 Å². The monoisotopic (exact) mass is 182 g/mol. The Kier molecular flexibility index (Phi) is 1.98. The van der Waals surface area contributed by atoms with E-state index in [2.05, 4.69) is 0 Å². The van der Waals surface area contributed by atoms with Crippen LogP contribution in [0, 0.1) is 0 Å². The number of aryl methyl sites for hydroxylation is 2. The van der Waals surface area contributed by atoms with Crippen LogP contribution in [0.2, 0.25) is 0 Å². The maximum atomic E-state index is 10.7. The van der Waals surface area contributed by atoms with Crippen LogP contribution in [0.1, 0.15) is 17.5 Å². The largest absolute Gasteiger partial charge is 0.302 e. The number of hydrogen-bond acceptors (Lipinski definition) is 1. The lowest BCUT2D eigenvalue weighted by molar-refractivity contribution is 0.564. The first-order valence-electron chi connectivity index (χ1n) is 4.00. The van der Waals surface area contributed by atoms with Crippen molar-refractivity contribution < 1.29 is 8.76 Å². The van der Waals surface area contributed by atoms with Gasteiger partial charge in [-0.25, -0.2) is 4.21 Å². The SMILES string of the molecule is O=S(O)c1ccc2c(c1)CCC2. The number of rotatable bonds is 1. The second-order valence-corrected chi connectivity index (χ2v) is 4.00.